The van der Waals surface area contributed by atoms with Gasteiger partial charge in [0.1, 0.15) is 0 Å². The van der Waals surface area contributed by atoms with Crippen LogP contribution in [0.2, 0.25) is 18.1 Å². The lowest BCUT2D eigenvalue weighted by Gasteiger charge is -2.52. The van der Waals surface area contributed by atoms with Gasteiger partial charge >= 0.3 is 6.16 Å². The predicted octanol–water partition coefficient (Wildman–Crippen LogP) is 6.58. The molecule has 0 N–H and O–H groups in total. The second-order valence-corrected chi connectivity index (χ2v) is 14.6. The van der Waals surface area contributed by atoms with E-state index in [1.54, 1.807) is 0 Å². The lowest BCUT2D eigenvalue weighted by molar-refractivity contribution is -0.130. The average Bonchev–Trinajstić information content (AvgIpc) is 3.10. The summed E-state index contributed by atoms with van der Waals surface area (Å²) in [6, 6.07) is 10.9. The molecule has 4 rings (SSSR count). The first-order chi connectivity index (χ1) is 15.1. The normalized spacial score (nSPS) is 29.0. The van der Waals surface area contributed by atoms with E-state index in [9.17, 15) is 9.59 Å². The summed E-state index contributed by atoms with van der Waals surface area (Å²) in [5, 5.41) is 0. The minimum absolute atomic E-state index is 0.0353. The number of Topliss-reactive ketones (excluding diaryl/α,β-unsaturated/α-hetero) is 1. The van der Waals surface area contributed by atoms with Crippen LogP contribution in [0.3, 0.4) is 0 Å². The number of ketones is 1. The van der Waals surface area contributed by atoms with Crippen molar-refractivity contribution < 1.29 is 23.5 Å². The zero-order valence-corrected chi connectivity index (χ0v) is 21.0. The van der Waals surface area contributed by atoms with Crippen molar-refractivity contribution in [3.05, 3.63) is 58.7 Å². The Morgan fingerprint density at radius 2 is 1.69 bits per heavy atom. The molecule has 3 aliphatic rings. The zero-order chi connectivity index (χ0) is 23.5. The molecule has 2 aliphatic carbocycles. The van der Waals surface area contributed by atoms with Gasteiger partial charge in [0.15, 0.2) is 25.8 Å². The minimum atomic E-state index is -2.04. The fraction of sp³-hybridized carbons (Fsp3) is 0.538. The Balaban J connectivity index is 2.03. The van der Waals surface area contributed by atoms with E-state index in [4.69, 9.17) is 13.9 Å². The Kier molecular flexibility index (Phi) is 5.53. The molecule has 1 aromatic carbocycles. The highest BCUT2D eigenvalue weighted by molar-refractivity contribution is 6.73. The van der Waals surface area contributed by atoms with Gasteiger partial charge in [-0.1, -0.05) is 65.5 Å². The lowest BCUT2D eigenvalue weighted by atomic mass is 9.55. The van der Waals surface area contributed by atoms with Crippen LogP contribution in [0.5, 0.6) is 0 Å². The van der Waals surface area contributed by atoms with Gasteiger partial charge in [0, 0.05) is 11.0 Å². The van der Waals surface area contributed by atoms with E-state index in [0.29, 0.717) is 5.57 Å². The molecule has 0 unspecified atom stereocenters. The first-order valence-corrected chi connectivity index (χ1v) is 14.2. The van der Waals surface area contributed by atoms with Crippen LogP contribution in [0.4, 0.5) is 4.79 Å². The molecule has 172 valence electrons. The van der Waals surface area contributed by atoms with Crippen LogP contribution in [0.25, 0.3) is 0 Å². The Hall–Kier alpha value is -2.18. The van der Waals surface area contributed by atoms with E-state index in [2.05, 4.69) is 27.4 Å². The van der Waals surface area contributed by atoms with Gasteiger partial charge in [-0.3, -0.25) is 4.79 Å². The number of hydrogen-bond donors (Lipinski definition) is 0. The largest absolute Gasteiger partial charge is 0.509 e. The molecule has 0 amide bonds. The summed E-state index contributed by atoms with van der Waals surface area (Å²) in [6.07, 6.45) is -1.72. The number of allylic oxidation sites excluding steroid dienone is 1. The molecule has 1 aromatic rings. The van der Waals surface area contributed by atoms with Gasteiger partial charge < -0.3 is 13.9 Å². The molecule has 0 saturated carbocycles. The minimum Gasteiger partial charge on any atom is -0.422 e. The van der Waals surface area contributed by atoms with Gasteiger partial charge in [-0.05, 0) is 47.3 Å². The highest BCUT2D eigenvalue weighted by atomic mass is 28.4. The summed E-state index contributed by atoms with van der Waals surface area (Å²) >= 11 is 0. The fourth-order valence-electron chi connectivity index (χ4n) is 6.06. The molecule has 2 bridgehead atoms. The Morgan fingerprint density at radius 1 is 1.09 bits per heavy atom. The van der Waals surface area contributed by atoms with Gasteiger partial charge in [-0.25, -0.2) is 4.79 Å². The number of hydrogen-bond acceptors (Lipinski definition) is 5. The van der Waals surface area contributed by atoms with Crippen molar-refractivity contribution in [1.29, 1.82) is 0 Å². The molecule has 1 saturated heterocycles. The molecular formula is C26H34O5Si. The summed E-state index contributed by atoms with van der Waals surface area (Å²) < 4.78 is 18.8. The highest BCUT2D eigenvalue weighted by Gasteiger charge is 2.67. The summed E-state index contributed by atoms with van der Waals surface area (Å²) in [4.78, 5) is 25.8. The van der Waals surface area contributed by atoms with Crippen LogP contribution in [-0.2, 0) is 18.7 Å². The van der Waals surface area contributed by atoms with Crippen LogP contribution in [0.15, 0.2) is 47.6 Å². The van der Waals surface area contributed by atoms with E-state index < -0.39 is 37.7 Å². The first kappa shape index (κ1) is 23.0. The van der Waals surface area contributed by atoms with E-state index in [1.165, 1.54) is 0 Å². The number of rotatable bonds is 5. The number of fused-ring (bicyclic) bond motifs is 3. The Labute approximate surface area is 192 Å². The van der Waals surface area contributed by atoms with Gasteiger partial charge in [0.2, 0.25) is 0 Å². The van der Waals surface area contributed by atoms with E-state index in [1.807, 2.05) is 45.0 Å². The van der Waals surface area contributed by atoms with Crippen molar-refractivity contribution in [2.75, 3.05) is 0 Å². The third kappa shape index (κ3) is 2.99. The smallest absolute Gasteiger partial charge is 0.422 e. The van der Waals surface area contributed by atoms with Gasteiger partial charge in [-0.2, -0.15) is 0 Å². The average molecular weight is 455 g/mol. The number of ether oxygens (including phenoxy) is 2. The zero-order valence-electron chi connectivity index (χ0n) is 20.0. The highest BCUT2D eigenvalue weighted by Crippen LogP contribution is 2.63. The first-order valence-electron chi connectivity index (χ1n) is 11.7. The van der Waals surface area contributed by atoms with Crippen molar-refractivity contribution in [3.63, 3.8) is 0 Å². The molecule has 6 heteroatoms. The molecule has 1 fully saturated rings. The molecule has 0 aromatic heterocycles. The quantitative estimate of drug-likeness (QED) is 0.371. The van der Waals surface area contributed by atoms with E-state index in [-0.39, 0.29) is 12.2 Å². The monoisotopic (exact) mass is 454 g/mol. The molecule has 0 radical (unpaired) electrons. The summed E-state index contributed by atoms with van der Waals surface area (Å²) in [5.74, 6) is -0.0353. The molecule has 32 heavy (non-hydrogen) atoms. The SMILES string of the molecule is C=C1C2=C(C)C(=O)C[C@]3(OC(=O)O[C@H]3c3ccccc3[C@@H]1O[Si](CC)(CC)CC)C2(C)C. The number of benzene rings is 1. The molecule has 1 aliphatic heterocycles. The van der Waals surface area contributed by atoms with Crippen LogP contribution < -0.4 is 0 Å². The summed E-state index contributed by atoms with van der Waals surface area (Å²) in [5.41, 5.74) is 2.31. The topological polar surface area (TPSA) is 61.8 Å². The summed E-state index contributed by atoms with van der Waals surface area (Å²) in [7, 11) is -2.04. The molecule has 5 nitrogen and oxygen atoms in total. The van der Waals surface area contributed by atoms with E-state index in [0.717, 1.165) is 40.4 Å². The second kappa shape index (κ2) is 7.70. The maximum atomic E-state index is 13.2. The van der Waals surface area contributed by atoms with Gasteiger partial charge in [-0.15, -0.1) is 0 Å². The van der Waals surface area contributed by atoms with Crippen LogP contribution in [-0.4, -0.2) is 25.9 Å². The Morgan fingerprint density at radius 3 is 2.28 bits per heavy atom. The van der Waals surface area contributed by atoms with Crippen molar-refractivity contribution in [2.45, 2.75) is 83.9 Å². The molecular weight excluding hydrogens is 420 g/mol. The van der Waals surface area contributed by atoms with Crippen LogP contribution in [0, 0.1) is 5.41 Å². The van der Waals surface area contributed by atoms with Gasteiger partial charge in [0.05, 0.1) is 12.5 Å². The third-order valence-electron chi connectivity index (χ3n) is 8.30. The maximum absolute atomic E-state index is 13.2. The molecule has 1 spiro atoms. The van der Waals surface area contributed by atoms with Crippen molar-refractivity contribution in [3.8, 4) is 0 Å². The van der Waals surface area contributed by atoms with Gasteiger partial charge in [0.25, 0.3) is 0 Å². The third-order valence-corrected chi connectivity index (χ3v) is 12.9. The van der Waals surface area contributed by atoms with Crippen LogP contribution in [0.1, 0.15) is 71.3 Å². The molecule has 1 heterocycles. The fourth-order valence-corrected chi connectivity index (χ4v) is 8.83. The number of carbonyl (C=O) groups is 2. The predicted molar refractivity (Wildman–Crippen MR) is 126 cm³/mol. The lowest BCUT2D eigenvalue weighted by Crippen LogP contribution is -2.56. The van der Waals surface area contributed by atoms with Crippen LogP contribution >= 0.6 is 0 Å². The standard InChI is InChI=1S/C26H34O5Si/c1-8-32(9-2,10-3)31-22-17(5)21-16(4)20(27)15-26(25(21,6)7)23(29-24(28)30-26)19-14-12-11-13-18(19)22/h11-14,22-23H,5,8-10,15H2,1-4,6-7H3/t22-,23+,26-/m1/s1. The van der Waals surface area contributed by atoms with Crippen molar-refractivity contribution >= 4 is 20.3 Å². The van der Waals surface area contributed by atoms with E-state index >= 15 is 0 Å². The Bertz CT molecular complexity index is 1010. The van der Waals surface area contributed by atoms with Crippen molar-refractivity contribution in [1.82, 2.24) is 0 Å². The number of carbonyl (C=O) groups excluding carboxylic acids is 2. The van der Waals surface area contributed by atoms with Crippen molar-refractivity contribution in [2.24, 2.45) is 5.41 Å². The molecule has 3 atom stereocenters. The second-order valence-electron chi connectivity index (χ2n) is 9.86. The summed E-state index contributed by atoms with van der Waals surface area (Å²) in [6.45, 7) is 17.1. The maximum Gasteiger partial charge on any atom is 0.509 e.